The van der Waals surface area contributed by atoms with Crippen LogP contribution in [0.1, 0.15) is 19.4 Å². The Morgan fingerprint density at radius 1 is 1.36 bits per heavy atom. The molecule has 0 spiro atoms. The van der Waals surface area contributed by atoms with Crippen LogP contribution in [0.25, 0.3) is 0 Å². The van der Waals surface area contributed by atoms with Crippen molar-refractivity contribution in [3.8, 4) is 0 Å². The Morgan fingerprint density at radius 3 is 2.59 bits per heavy atom. The van der Waals surface area contributed by atoms with E-state index in [1.165, 1.54) is 0 Å². The van der Waals surface area contributed by atoms with Gasteiger partial charge in [0.1, 0.15) is 0 Å². The summed E-state index contributed by atoms with van der Waals surface area (Å²) in [6.45, 7) is 4.49. The first-order valence-corrected chi connectivity index (χ1v) is 8.00. The van der Waals surface area contributed by atoms with Gasteiger partial charge in [-0.3, -0.25) is 9.59 Å². The number of hydrogen-bond donors (Lipinski definition) is 1. The highest BCUT2D eigenvalue weighted by Gasteiger charge is 2.38. The molecule has 1 heterocycles. The van der Waals surface area contributed by atoms with Crippen LogP contribution >= 0.6 is 23.2 Å². The topological polar surface area (TPSA) is 57.6 Å². The predicted molar refractivity (Wildman–Crippen MR) is 86.2 cm³/mol. The van der Waals surface area contributed by atoms with Crippen LogP contribution in [-0.2, 0) is 16.0 Å². The lowest BCUT2D eigenvalue weighted by Gasteiger charge is -2.21. The molecule has 1 amide bonds. The Morgan fingerprint density at radius 2 is 2.05 bits per heavy atom. The summed E-state index contributed by atoms with van der Waals surface area (Å²) >= 11 is 12.0. The second-order valence-electron chi connectivity index (χ2n) is 6.01. The first-order chi connectivity index (χ1) is 10.3. The average molecular weight is 344 g/mol. The minimum absolute atomic E-state index is 0.0206. The fraction of sp³-hybridized carbons (Fsp3) is 0.500. The van der Waals surface area contributed by atoms with E-state index in [1.54, 1.807) is 17.0 Å². The molecular formula is C16H19Cl2NO3. The summed E-state index contributed by atoms with van der Waals surface area (Å²) in [5, 5.41) is 10.3. The van der Waals surface area contributed by atoms with Gasteiger partial charge >= 0.3 is 5.97 Å². The number of halogens is 2. The third-order valence-corrected chi connectivity index (χ3v) is 4.79. The van der Waals surface area contributed by atoms with Crippen LogP contribution in [0, 0.1) is 17.8 Å². The summed E-state index contributed by atoms with van der Waals surface area (Å²) in [6.07, 6.45) is 0.511. The Bertz CT molecular complexity index is 591. The Labute approximate surface area is 140 Å². The van der Waals surface area contributed by atoms with Crippen molar-refractivity contribution >= 4 is 35.1 Å². The molecule has 2 rings (SSSR count). The zero-order valence-electron chi connectivity index (χ0n) is 12.6. The molecule has 0 aromatic heterocycles. The summed E-state index contributed by atoms with van der Waals surface area (Å²) in [4.78, 5) is 25.3. The lowest BCUT2D eigenvalue weighted by Crippen LogP contribution is -2.35. The zero-order valence-corrected chi connectivity index (χ0v) is 14.1. The van der Waals surface area contributed by atoms with Crippen LogP contribution in [0.4, 0.5) is 0 Å². The van der Waals surface area contributed by atoms with Crippen molar-refractivity contribution in [1.29, 1.82) is 0 Å². The van der Waals surface area contributed by atoms with Gasteiger partial charge < -0.3 is 10.0 Å². The number of carbonyl (C=O) groups is 2. The van der Waals surface area contributed by atoms with Crippen molar-refractivity contribution in [1.82, 2.24) is 4.90 Å². The molecule has 1 aromatic carbocycles. The van der Waals surface area contributed by atoms with Crippen molar-refractivity contribution in [2.45, 2.75) is 20.3 Å². The molecule has 1 aliphatic rings. The van der Waals surface area contributed by atoms with E-state index in [9.17, 15) is 9.59 Å². The lowest BCUT2D eigenvalue weighted by molar-refractivity contribution is -0.142. The second-order valence-corrected chi connectivity index (χ2v) is 6.85. The molecule has 120 valence electrons. The minimum Gasteiger partial charge on any atom is -0.481 e. The monoisotopic (exact) mass is 343 g/mol. The van der Waals surface area contributed by atoms with Gasteiger partial charge in [-0.1, -0.05) is 43.1 Å². The predicted octanol–water partition coefficient (Wildman–Crippen LogP) is 3.35. The van der Waals surface area contributed by atoms with Gasteiger partial charge in [0.05, 0.1) is 5.92 Å². The van der Waals surface area contributed by atoms with Gasteiger partial charge in [-0.05, 0) is 30.0 Å². The van der Waals surface area contributed by atoms with Crippen molar-refractivity contribution in [3.63, 3.8) is 0 Å². The first-order valence-electron chi connectivity index (χ1n) is 7.25. The minimum atomic E-state index is -0.837. The molecule has 1 aliphatic heterocycles. The molecule has 0 bridgehead atoms. The fourth-order valence-electron chi connectivity index (χ4n) is 2.88. The van der Waals surface area contributed by atoms with Gasteiger partial charge in [0.15, 0.2) is 0 Å². The quantitative estimate of drug-likeness (QED) is 0.911. The molecule has 22 heavy (non-hydrogen) atoms. The van der Waals surface area contributed by atoms with Crippen LogP contribution in [0.15, 0.2) is 18.2 Å². The molecule has 1 N–H and O–H groups in total. The Balaban J connectivity index is 2.02. The molecule has 0 saturated carbocycles. The summed E-state index contributed by atoms with van der Waals surface area (Å²) in [6, 6.07) is 5.23. The number of carbonyl (C=O) groups excluding carboxylic acids is 1. The number of likely N-dealkylation sites (tertiary alicyclic amines) is 1. The van der Waals surface area contributed by atoms with E-state index >= 15 is 0 Å². The van der Waals surface area contributed by atoms with Gasteiger partial charge in [-0.15, -0.1) is 0 Å². The molecule has 3 atom stereocenters. The molecule has 1 fully saturated rings. The SMILES string of the molecule is CC(Cc1ccc(Cl)cc1Cl)C(=O)N1C[C@@H](C)[C@H](C(=O)O)C1. The molecule has 1 aromatic rings. The van der Waals surface area contributed by atoms with Crippen molar-refractivity contribution in [2.24, 2.45) is 17.8 Å². The number of benzene rings is 1. The number of carboxylic acid groups (broad SMARTS) is 1. The van der Waals surface area contributed by atoms with E-state index in [1.807, 2.05) is 19.9 Å². The highest BCUT2D eigenvalue weighted by Crippen LogP contribution is 2.27. The average Bonchev–Trinajstić information content (AvgIpc) is 2.83. The van der Waals surface area contributed by atoms with Gasteiger partial charge in [0.2, 0.25) is 5.91 Å². The largest absolute Gasteiger partial charge is 0.481 e. The maximum atomic E-state index is 12.5. The number of aliphatic carboxylic acids is 1. The van der Waals surface area contributed by atoms with E-state index in [4.69, 9.17) is 28.3 Å². The Kier molecular flexibility index (Phi) is 5.35. The van der Waals surface area contributed by atoms with E-state index < -0.39 is 11.9 Å². The third-order valence-electron chi connectivity index (χ3n) is 4.20. The normalized spacial score (nSPS) is 22.6. The Hall–Kier alpha value is -1.26. The van der Waals surface area contributed by atoms with E-state index in [0.717, 1.165) is 5.56 Å². The third kappa shape index (κ3) is 3.73. The number of hydrogen-bond acceptors (Lipinski definition) is 2. The number of nitrogens with zero attached hydrogens (tertiary/aromatic N) is 1. The van der Waals surface area contributed by atoms with Crippen LogP contribution < -0.4 is 0 Å². The van der Waals surface area contributed by atoms with Crippen LogP contribution in [-0.4, -0.2) is 35.0 Å². The molecule has 6 heteroatoms. The van der Waals surface area contributed by atoms with Gasteiger partial charge in [-0.25, -0.2) is 0 Å². The highest BCUT2D eigenvalue weighted by atomic mass is 35.5. The molecular weight excluding hydrogens is 325 g/mol. The maximum absolute atomic E-state index is 12.5. The first kappa shape index (κ1) is 17.1. The van der Waals surface area contributed by atoms with Crippen molar-refractivity contribution in [3.05, 3.63) is 33.8 Å². The van der Waals surface area contributed by atoms with E-state index in [-0.39, 0.29) is 24.3 Å². The van der Waals surface area contributed by atoms with Crippen molar-refractivity contribution in [2.75, 3.05) is 13.1 Å². The van der Waals surface area contributed by atoms with E-state index in [0.29, 0.717) is 23.0 Å². The lowest BCUT2D eigenvalue weighted by atomic mass is 9.99. The number of carboxylic acids is 1. The summed E-state index contributed by atoms with van der Waals surface area (Å²) in [7, 11) is 0. The van der Waals surface area contributed by atoms with Gasteiger partial charge in [0.25, 0.3) is 0 Å². The smallest absolute Gasteiger partial charge is 0.308 e. The van der Waals surface area contributed by atoms with Crippen molar-refractivity contribution < 1.29 is 14.7 Å². The van der Waals surface area contributed by atoms with Crippen LogP contribution in [0.5, 0.6) is 0 Å². The summed E-state index contributed by atoms with van der Waals surface area (Å²) < 4.78 is 0. The second kappa shape index (κ2) is 6.88. The number of amides is 1. The summed E-state index contributed by atoms with van der Waals surface area (Å²) in [5.74, 6) is -1.61. The standard InChI is InChI=1S/C16H19Cl2NO3/c1-9(5-11-3-4-12(17)6-14(11)18)15(20)19-7-10(2)13(8-19)16(21)22/h3-4,6,9-10,13H,5,7-8H2,1-2H3,(H,21,22)/t9?,10-,13-/m1/s1. The highest BCUT2D eigenvalue weighted by molar-refractivity contribution is 6.35. The number of rotatable bonds is 4. The summed E-state index contributed by atoms with van der Waals surface area (Å²) in [5.41, 5.74) is 0.869. The van der Waals surface area contributed by atoms with Crippen LogP contribution in [0.3, 0.4) is 0 Å². The fourth-order valence-corrected chi connectivity index (χ4v) is 3.37. The molecule has 1 saturated heterocycles. The molecule has 0 radical (unpaired) electrons. The van der Waals surface area contributed by atoms with E-state index in [2.05, 4.69) is 0 Å². The maximum Gasteiger partial charge on any atom is 0.308 e. The zero-order chi connectivity index (χ0) is 16.4. The molecule has 4 nitrogen and oxygen atoms in total. The van der Waals surface area contributed by atoms with Crippen LogP contribution in [0.2, 0.25) is 10.0 Å². The van der Waals surface area contributed by atoms with Gasteiger partial charge in [0, 0.05) is 29.1 Å². The molecule has 1 unspecified atom stereocenters. The van der Waals surface area contributed by atoms with Gasteiger partial charge in [-0.2, -0.15) is 0 Å². The molecule has 0 aliphatic carbocycles.